The number of carbonyl (C=O) groups excluding carboxylic acids is 1. The number of amides is 1. The van der Waals surface area contributed by atoms with Crippen LogP contribution in [0.15, 0.2) is 55.1 Å². The molecule has 1 aromatic heterocycles. The van der Waals surface area contributed by atoms with Crippen LogP contribution in [0.5, 0.6) is 0 Å². The lowest BCUT2D eigenvalue weighted by atomic mass is 9.83. The lowest BCUT2D eigenvalue weighted by Gasteiger charge is -2.50. The summed E-state index contributed by atoms with van der Waals surface area (Å²) in [6.07, 6.45) is -3.61. The number of benzene rings is 2. The Morgan fingerprint density at radius 3 is 2.41 bits per heavy atom. The molecular formula is C24H24F5N4O4-. The molecule has 2 aromatic carbocycles. The average Bonchev–Trinajstić information content (AvgIpc) is 3.33. The molecule has 0 aliphatic carbocycles. The van der Waals surface area contributed by atoms with Crippen LogP contribution in [0.2, 0.25) is 0 Å². The summed E-state index contributed by atoms with van der Waals surface area (Å²) in [6, 6.07) is 5.45. The fraction of sp³-hybridized carbons (Fsp3) is 0.375. The standard InChI is InChI=1S/C22H19F5N4O3.C2H5O/c1-13-21(10-30-12-28-11-29-30,17-7-6-16(23)8-18(17)24)34-19(32)9-31(13)20(33)14-2-4-15(5-3-14)22(25,26)27;1-2-3/h2-8,11-13,19,32H,9-10H2,1H3;2H2,1H3/q;-1/t13-,19?,21-;/m1./s1. The van der Waals surface area contributed by atoms with Crippen molar-refractivity contribution in [1.29, 1.82) is 0 Å². The predicted molar refractivity (Wildman–Crippen MR) is 118 cm³/mol. The molecule has 1 saturated heterocycles. The maximum absolute atomic E-state index is 15.0. The molecule has 0 spiro atoms. The number of alkyl halides is 3. The highest BCUT2D eigenvalue weighted by Gasteiger charge is 2.51. The van der Waals surface area contributed by atoms with E-state index in [9.17, 15) is 31.9 Å². The Hall–Kier alpha value is -3.42. The number of carbonyl (C=O) groups is 1. The van der Waals surface area contributed by atoms with Crippen LogP contribution in [0.4, 0.5) is 22.0 Å². The van der Waals surface area contributed by atoms with Gasteiger partial charge in [0.1, 0.15) is 29.9 Å². The molecule has 2 heterocycles. The summed E-state index contributed by atoms with van der Waals surface area (Å²) in [5.74, 6) is -2.50. The molecule has 1 unspecified atom stereocenters. The first-order valence-corrected chi connectivity index (χ1v) is 11.1. The van der Waals surface area contributed by atoms with E-state index in [0.29, 0.717) is 6.07 Å². The van der Waals surface area contributed by atoms with E-state index in [2.05, 4.69) is 10.1 Å². The minimum absolute atomic E-state index is 0. The maximum Gasteiger partial charge on any atom is 0.416 e. The molecule has 1 aliphatic heterocycles. The number of aliphatic hydroxyl groups is 1. The number of ether oxygens (including phenoxy) is 1. The van der Waals surface area contributed by atoms with Crippen LogP contribution in [0.1, 0.15) is 35.3 Å². The van der Waals surface area contributed by atoms with Gasteiger partial charge in [-0.3, -0.25) is 4.79 Å². The second-order valence-electron chi connectivity index (χ2n) is 8.18. The van der Waals surface area contributed by atoms with Gasteiger partial charge < -0.3 is 19.8 Å². The van der Waals surface area contributed by atoms with E-state index in [-0.39, 0.29) is 30.8 Å². The Balaban J connectivity index is 0.00000121. The number of morpholine rings is 1. The molecule has 0 saturated carbocycles. The van der Waals surface area contributed by atoms with Crippen molar-refractivity contribution in [2.45, 2.75) is 44.5 Å². The lowest BCUT2D eigenvalue weighted by Crippen LogP contribution is -2.63. The Morgan fingerprint density at radius 2 is 1.86 bits per heavy atom. The fourth-order valence-corrected chi connectivity index (χ4v) is 4.11. The van der Waals surface area contributed by atoms with Crippen LogP contribution in [-0.2, 0) is 23.1 Å². The minimum atomic E-state index is -4.57. The summed E-state index contributed by atoms with van der Waals surface area (Å²) >= 11 is 0. The molecule has 1 amide bonds. The normalized spacial score (nSPS) is 21.8. The average molecular weight is 527 g/mol. The van der Waals surface area contributed by atoms with Gasteiger partial charge in [0, 0.05) is 17.2 Å². The van der Waals surface area contributed by atoms with Gasteiger partial charge in [-0.2, -0.15) is 18.3 Å². The second-order valence-corrected chi connectivity index (χ2v) is 8.18. The molecule has 3 atom stereocenters. The quantitative estimate of drug-likeness (QED) is 0.524. The van der Waals surface area contributed by atoms with E-state index >= 15 is 0 Å². The van der Waals surface area contributed by atoms with Crippen molar-refractivity contribution in [1.82, 2.24) is 19.7 Å². The topological polar surface area (TPSA) is 104 Å². The van der Waals surface area contributed by atoms with E-state index < -0.39 is 47.2 Å². The van der Waals surface area contributed by atoms with Gasteiger partial charge in [0.2, 0.25) is 0 Å². The SMILES string of the molecule is CC[O-].C[C@H]1N(C(=O)c2ccc(C(F)(F)F)cc2)CC(O)O[C@@]1(Cn1cncn1)c1ccc(F)cc1F. The van der Waals surface area contributed by atoms with Crippen molar-refractivity contribution in [2.24, 2.45) is 0 Å². The van der Waals surface area contributed by atoms with Crippen molar-refractivity contribution >= 4 is 5.91 Å². The van der Waals surface area contributed by atoms with Gasteiger partial charge in [-0.15, -0.1) is 6.61 Å². The number of rotatable bonds is 4. The number of hydrogen-bond acceptors (Lipinski definition) is 6. The van der Waals surface area contributed by atoms with Crippen LogP contribution in [0, 0.1) is 11.6 Å². The van der Waals surface area contributed by atoms with Gasteiger partial charge in [0.05, 0.1) is 24.7 Å². The molecule has 0 bridgehead atoms. The number of aliphatic hydroxyl groups excluding tert-OH is 1. The van der Waals surface area contributed by atoms with Gasteiger partial charge in [0.25, 0.3) is 5.91 Å². The Labute approximate surface area is 208 Å². The van der Waals surface area contributed by atoms with E-state index in [4.69, 9.17) is 9.84 Å². The molecule has 37 heavy (non-hydrogen) atoms. The highest BCUT2D eigenvalue weighted by Crippen LogP contribution is 2.40. The number of halogens is 5. The second kappa shape index (κ2) is 11.3. The van der Waals surface area contributed by atoms with E-state index in [1.807, 2.05) is 0 Å². The summed E-state index contributed by atoms with van der Waals surface area (Å²) in [5, 5.41) is 23.4. The van der Waals surface area contributed by atoms with Crippen molar-refractivity contribution in [2.75, 3.05) is 13.2 Å². The van der Waals surface area contributed by atoms with Gasteiger partial charge in [-0.05, 0) is 37.3 Å². The highest BCUT2D eigenvalue weighted by molar-refractivity contribution is 5.94. The molecule has 1 aliphatic rings. The molecule has 3 aromatic rings. The smallest absolute Gasteiger partial charge is 0.416 e. The molecule has 0 radical (unpaired) electrons. The van der Waals surface area contributed by atoms with Gasteiger partial charge in [0.15, 0.2) is 6.29 Å². The van der Waals surface area contributed by atoms with E-state index in [0.717, 1.165) is 36.4 Å². The third kappa shape index (κ3) is 6.12. The van der Waals surface area contributed by atoms with Crippen molar-refractivity contribution in [3.63, 3.8) is 0 Å². The molecule has 200 valence electrons. The zero-order valence-corrected chi connectivity index (χ0v) is 19.8. The molecular weight excluding hydrogens is 503 g/mol. The van der Waals surface area contributed by atoms with Crippen LogP contribution < -0.4 is 5.11 Å². The van der Waals surface area contributed by atoms with Crippen LogP contribution in [-0.4, -0.2) is 56.2 Å². The Bertz CT molecular complexity index is 1190. The van der Waals surface area contributed by atoms with Crippen LogP contribution in [0.25, 0.3) is 0 Å². The first-order chi connectivity index (χ1) is 17.4. The molecule has 13 heteroatoms. The van der Waals surface area contributed by atoms with Gasteiger partial charge in [-0.1, -0.05) is 13.0 Å². The highest BCUT2D eigenvalue weighted by atomic mass is 19.4. The summed E-state index contributed by atoms with van der Waals surface area (Å²) < 4.78 is 74.4. The molecule has 1 fully saturated rings. The first kappa shape index (κ1) is 28.2. The monoisotopic (exact) mass is 527 g/mol. The lowest BCUT2D eigenvalue weighted by molar-refractivity contribution is -0.361. The largest absolute Gasteiger partial charge is 0.855 e. The Kier molecular flexibility index (Phi) is 8.61. The van der Waals surface area contributed by atoms with Crippen LogP contribution >= 0.6 is 0 Å². The van der Waals surface area contributed by atoms with Crippen molar-refractivity contribution in [3.8, 4) is 0 Å². The summed E-state index contributed by atoms with van der Waals surface area (Å²) in [6.45, 7) is 2.57. The molecule has 1 N–H and O–H groups in total. The number of aromatic nitrogens is 3. The number of β-amino-alcohol motifs (C(OH)–C–C–N with tert-alkyl or cyclic N) is 1. The maximum atomic E-state index is 15.0. The van der Waals surface area contributed by atoms with Crippen molar-refractivity contribution in [3.05, 3.63) is 83.4 Å². The van der Waals surface area contributed by atoms with E-state index in [1.165, 1.54) is 29.2 Å². The predicted octanol–water partition coefficient (Wildman–Crippen LogP) is 2.72. The molecule has 4 rings (SSSR count). The zero-order chi connectivity index (χ0) is 27.4. The van der Waals surface area contributed by atoms with Gasteiger partial charge in [-0.25, -0.2) is 18.4 Å². The number of hydrogen-bond donors (Lipinski definition) is 1. The van der Waals surface area contributed by atoms with Crippen LogP contribution in [0.3, 0.4) is 0 Å². The zero-order valence-electron chi connectivity index (χ0n) is 19.8. The van der Waals surface area contributed by atoms with Gasteiger partial charge >= 0.3 is 6.18 Å². The third-order valence-corrected chi connectivity index (χ3v) is 5.81. The minimum Gasteiger partial charge on any atom is -0.855 e. The van der Waals surface area contributed by atoms with Crippen molar-refractivity contribution < 1.29 is 41.7 Å². The Morgan fingerprint density at radius 1 is 1.22 bits per heavy atom. The fourth-order valence-electron chi connectivity index (χ4n) is 4.11. The summed E-state index contributed by atoms with van der Waals surface area (Å²) in [5.41, 5.74) is -2.86. The summed E-state index contributed by atoms with van der Waals surface area (Å²) in [4.78, 5) is 18.3. The first-order valence-electron chi connectivity index (χ1n) is 11.1. The summed E-state index contributed by atoms with van der Waals surface area (Å²) in [7, 11) is 0. The number of nitrogens with zero attached hydrogens (tertiary/aromatic N) is 4. The van der Waals surface area contributed by atoms with E-state index in [1.54, 1.807) is 6.92 Å². The molecule has 8 nitrogen and oxygen atoms in total. The third-order valence-electron chi connectivity index (χ3n) is 5.81.